The Kier molecular flexibility index (Phi) is 7.73. The van der Waals surface area contributed by atoms with Crippen LogP contribution in [0, 0.1) is 5.92 Å². The minimum Gasteiger partial charge on any atom is -0.493 e. The van der Waals surface area contributed by atoms with E-state index in [1.807, 2.05) is 0 Å². The van der Waals surface area contributed by atoms with Crippen LogP contribution in [-0.4, -0.2) is 52.0 Å². The smallest absolute Gasteiger partial charge is 0.253 e. The van der Waals surface area contributed by atoms with Crippen molar-refractivity contribution in [1.82, 2.24) is 10.3 Å². The van der Waals surface area contributed by atoms with E-state index in [0.717, 1.165) is 31.6 Å². The van der Waals surface area contributed by atoms with E-state index in [-0.39, 0.29) is 5.91 Å². The van der Waals surface area contributed by atoms with Gasteiger partial charge in [-0.05, 0) is 42.5 Å². The maximum atomic E-state index is 12.5. The van der Waals surface area contributed by atoms with Crippen LogP contribution in [0.5, 0.6) is 23.1 Å². The molecule has 1 aliphatic heterocycles. The van der Waals surface area contributed by atoms with Gasteiger partial charge in [-0.25, -0.2) is 4.98 Å². The molecule has 1 N–H and O–H groups in total. The van der Waals surface area contributed by atoms with Gasteiger partial charge in [0.25, 0.3) is 5.91 Å². The summed E-state index contributed by atoms with van der Waals surface area (Å²) in [5.41, 5.74) is 1.28. The second-order valence-electron chi connectivity index (χ2n) is 6.97. The number of ether oxygens (including phenoxy) is 5. The Hall–Kier alpha value is -3.00. The Balaban J connectivity index is 1.55. The van der Waals surface area contributed by atoms with Gasteiger partial charge in [0.1, 0.15) is 0 Å². The van der Waals surface area contributed by atoms with Crippen molar-refractivity contribution in [2.24, 2.45) is 5.92 Å². The van der Waals surface area contributed by atoms with Gasteiger partial charge in [0.05, 0.1) is 33.5 Å². The fourth-order valence-electron chi connectivity index (χ4n) is 3.24. The van der Waals surface area contributed by atoms with Gasteiger partial charge in [0.15, 0.2) is 11.5 Å². The number of nitrogens with one attached hydrogen (secondary N) is 1. The van der Waals surface area contributed by atoms with E-state index in [1.165, 1.54) is 6.20 Å². The number of hydrogen-bond acceptors (Lipinski definition) is 7. The van der Waals surface area contributed by atoms with Crippen LogP contribution in [0.25, 0.3) is 0 Å². The zero-order valence-corrected chi connectivity index (χ0v) is 17.6. The maximum absolute atomic E-state index is 12.5. The highest BCUT2D eigenvalue weighted by Gasteiger charge is 2.16. The Bertz CT molecular complexity index is 809. The average molecular weight is 416 g/mol. The number of rotatable bonds is 9. The molecule has 1 amide bonds. The molecule has 0 saturated carbocycles. The van der Waals surface area contributed by atoms with Crippen molar-refractivity contribution in [2.45, 2.75) is 19.4 Å². The summed E-state index contributed by atoms with van der Waals surface area (Å²) in [7, 11) is 4.65. The summed E-state index contributed by atoms with van der Waals surface area (Å²) < 4.78 is 27.1. The lowest BCUT2D eigenvalue weighted by atomic mass is 10.0. The molecular weight excluding hydrogens is 388 g/mol. The van der Waals surface area contributed by atoms with Crippen molar-refractivity contribution in [3.63, 3.8) is 0 Å². The molecule has 1 aromatic heterocycles. The van der Waals surface area contributed by atoms with Gasteiger partial charge in [-0.3, -0.25) is 4.79 Å². The van der Waals surface area contributed by atoms with E-state index in [9.17, 15) is 4.79 Å². The van der Waals surface area contributed by atoms with Crippen LogP contribution < -0.4 is 24.3 Å². The molecule has 3 rings (SSSR count). The topological polar surface area (TPSA) is 88.1 Å². The highest BCUT2D eigenvalue weighted by atomic mass is 16.5. The van der Waals surface area contributed by atoms with Gasteiger partial charge in [-0.2, -0.15) is 0 Å². The molecule has 0 unspecified atom stereocenters. The molecule has 2 heterocycles. The number of pyridine rings is 1. The number of amides is 1. The fraction of sp³-hybridized carbons (Fsp3) is 0.455. The first kappa shape index (κ1) is 21.7. The molecule has 0 radical (unpaired) electrons. The molecule has 0 bridgehead atoms. The predicted octanol–water partition coefficient (Wildman–Crippen LogP) is 2.84. The average Bonchev–Trinajstić information content (AvgIpc) is 2.81. The molecule has 1 aromatic carbocycles. The molecular formula is C22H28N2O6. The first-order chi connectivity index (χ1) is 14.6. The number of aromatic nitrogens is 1. The number of methoxy groups -OCH3 is 3. The Morgan fingerprint density at radius 2 is 1.80 bits per heavy atom. The Morgan fingerprint density at radius 3 is 2.37 bits per heavy atom. The van der Waals surface area contributed by atoms with Gasteiger partial charge >= 0.3 is 0 Å². The van der Waals surface area contributed by atoms with Crippen LogP contribution in [0.15, 0.2) is 30.5 Å². The minimum atomic E-state index is -0.229. The van der Waals surface area contributed by atoms with Gasteiger partial charge in [0.2, 0.25) is 11.6 Å². The maximum Gasteiger partial charge on any atom is 0.253 e. The summed E-state index contributed by atoms with van der Waals surface area (Å²) in [6, 6.07) is 7.02. The van der Waals surface area contributed by atoms with E-state index >= 15 is 0 Å². The standard InChI is InChI=1S/C22H28N2O6/c1-26-18-10-16(11-19(27-2)21(18)28-3)12-24-22(25)17-4-5-20(23-13-17)30-14-15-6-8-29-9-7-15/h4-5,10-11,13,15H,6-9,12,14H2,1-3H3,(H,24,25). The van der Waals surface area contributed by atoms with Crippen LogP contribution in [0.2, 0.25) is 0 Å². The van der Waals surface area contributed by atoms with Crippen molar-refractivity contribution in [1.29, 1.82) is 0 Å². The van der Waals surface area contributed by atoms with Gasteiger partial charge in [-0.1, -0.05) is 0 Å². The summed E-state index contributed by atoms with van der Waals surface area (Å²) in [5, 5.41) is 2.87. The molecule has 8 nitrogen and oxygen atoms in total. The normalized spacial score (nSPS) is 14.1. The van der Waals surface area contributed by atoms with Crippen molar-refractivity contribution in [2.75, 3.05) is 41.2 Å². The largest absolute Gasteiger partial charge is 0.493 e. The van der Waals surface area contributed by atoms with Crippen molar-refractivity contribution < 1.29 is 28.5 Å². The number of hydrogen-bond donors (Lipinski definition) is 1. The third kappa shape index (κ3) is 5.54. The molecule has 30 heavy (non-hydrogen) atoms. The summed E-state index contributed by atoms with van der Waals surface area (Å²) in [4.78, 5) is 16.7. The van der Waals surface area contributed by atoms with E-state index in [4.69, 9.17) is 23.7 Å². The lowest BCUT2D eigenvalue weighted by Crippen LogP contribution is -2.23. The number of nitrogens with zero attached hydrogens (tertiary/aromatic N) is 1. The number of benzene rings is 1. The first-order valence-corrected chi connectivity index (χ1v) is 9.88. The van der Waals surface area contributed by atoms with Gasteiger partial charge in [0, 0.05) is 32.0 Å². The molecule has 0 spiro atoms. The third-order valence-electron chi connectivity index (χ3n) is 4.98. The van der Waals surface area contributed by atoms with E-state index in [0.29, 0.717) is 47.8 Å². The fourth-order valence-corrected chi connectivity index (χ4v) is 3.24. The molecule has 162 valence electrons. The van der Waals surface area contributed by atoms with E-state index in [2.05, 4.69) is 10.3 Å². The minimum absolute atomic E-state index is 0.229. The second-order valence-corrected chi connectivity index (χ2v) is 6.97. The summed E-state index contributed by atoms with van der Waals surface area (Å²) in [5.74, 6) is 2.36. The lowest BCUT2D eigenvalue weighted by molar-refractivity contribution is 0.0490. The molecule has 2 aromatic rings. The molecule has 1 aliphatic rings. The summed E-state index contributed by atoms with van der Waals surface area (Å²) in [6.07, 6.45) is 3.52. The zero-order valence-electron chi connectivity index (χ0n) is 17.6. The monoisotopic (exact) mass is 416 g/mol. The lowest BCUT2D eigenvalue weighted by Gasteiger charge is -2.21. The van der Waals surface area contributed by atoms with Crippen LogP contribution in [-0.2, 0) is 11.3 Å². The van der Waals surface area contributed by atoms with Crippen molar-refractivity contribution >= 4 is 5.91 Å². The molecule has 8 heteroatoms. The van der Waals surface area contributed by atoms with Crippen LogP contribution >= 0.6 is 0 Å². The molecule has 0 aliphatic carbocycles. The van der Waals surface area contributed by atoms with Crippen LogP contribution in [0.4, 0.5) is 0 Å². The van der Waals surface area contributed by atoms with Gasteiger partial charge < -0.3 is 29.0 Å². The number of carbonyl (C=O) groups is 1. The van der Waals surface area contributed by atoms with Crippen LogP contribution in [0.1, 0.15) is 28.8 Å². The van der Waals surface area contributed by atoms with Crippen LogP contribution in [0.3, 0.4) is 0 Å². The third-order valence-corrected chi connectivity index (χ3v) is 4.98. The van der Waals surface area contributed by atoms with E-state index < -0.39 is 0 Å². The predicted molar refractivity (Wildman–Crippen MR) is 111 cm³/mol. The molecule has 1 fully saturated rings. The molecule has 1 saturated heterocycles. The Labute approximate surface area is 176 Å². The molecule has 0 atom stereocenters. The SMILES string of the molecule is COc1cc(CNC(=O)c2ccc(OCC3CCOCC3)nc2)cc(OC)c1OC. The zero-order chi connectivity index (χ0) is 21.3. The van der Waals surface area contributed by atoms with Crippen molar-refractivity contribution in [3.8, 4) is 23.1 Å². The second kappa shape index (κ2) is 10.7. The van der Waals surface area contributed by atoms with E-state index in [1.54, 1.807) is 45.6 Å². The van der Waals surface area contributed by atoms with Gasteiger partial charge in [-0.15, -0.1) is 0 Å². The number of carbonyl (C=O) groups excluding carboxylic acids is 1. The highest BCUT2D eigenvalue weighted by Crippen LogP contribution is 2.38. The van der Waals surface area contributed by atoms with Crippen molar-refractivity contribution in [3.05, 3.63) is 41.6 Å². The summed E-state index contributed by atoms with van der Waals surface area (Å²) >= 11 is 0. The quantitative estimate of drug-likeness (QED) is 0.672. The highest BCUT2D eigenvalue weighted by molar-refractivity contribution is 5.93. The summed E-state index contributed by atoms with van der Waals surface area (Å²) in [6.45, 7) is 2.49. The Morgan fingerprint density at radius 1 is 1.10 bits per heavy atom. The first-order valence-electron chi connectivity index (χ1n) is 9.88.